The molecule has 3 rings (SSSR count). The van der Waals surface area contributed by atoms with E-state index in [9.17, 15) is 44.4 Å². The molecule has 0 aromatic carbocycles. The van der Waals surface area contributed by atoms with Crippen LogP contribution in [0.2, 0.25) is 0 Å². The van der Waals surface area contributed by atoms with Gasteiger partial charge in [-0.15, -0.1) is 0 Å². The molecule has 3 aliphatic rings. The van der Waals surface area contributed by atoms with E-state index < -0.39 is 128 Å². The number of Topliss-reactive ketones (excluding diaryl/α,β-unsaturated/α-hetero) is 1. The fourth-order valence-corrected chi connectivity index (χ4v) is 8.56. The molecule has 0 radical (unpaired) electrons. The van der Waals surface area contributed by atoms with E-state index in [4.69, 9.17) is 37.9 Å². The molecular formula is C42H71NO17. The van der Waals surface area contributed by atoms with Gasteiger partial charge in [0.1, 0.15) is 48.2 Å². The number of likely N-dealkylation sites (N-methyl/N-ethyl adjacent to an activating group) is 1. The Morgan fingerprint density at radius 3 is 2.18 bits per heavy atom. The summed E-state index contributed by atoms with van der Waals surface area (Å²) in [5.74, 6) is -3.75. The lowest BCUT2D eigenvalue weighted by atomic mass is 9.82. The molecule has 346 valence electrons. The Morgan fingerprint density at radius 2 is 1.62 bits per heavy atom. The predicted molar refractivity (Wildman–Crippen MR) is 212 cm³/mol. The summed E-state index contributed by atoms with van der Waals surface area (Å²) in [6.07, 6.45) is -14.8. The summed E-state index contributed by atoms with van der Waals surface area (Å²) < 4.78 is 48.3. The van der Waals surface area contributed by atoms with Gasteiger partial charge in [-0.2, -0.15) is 0 Å². The maximum Gasteiger partial charge on any atom is 0.309 e. The number of hydrogen-bond donors (Lipinski definition) is 4. The monoisotopic (exact) mass is 861 g/mol. The molecule has 0 spiro atoms. The van der Waals surface area contributed by atoms with Gasteiger partial charge in [0.25, 0.3) is 0 Å². The van der Waals surface area contributed by atoms with Crippen LogP contribution in [0.5, 0.6) is 0 Å². The van der Waals surface area contributed by atoms with Gasteiger partial charge >= 0.3 is 17.9 Å². The van der Waals surface area contributed by atoms with E-state index in [0.717, 1.165) is 6.92 Å². The summed E-state index contributed by atoms with van der Waals surface area (Å²) in [4.78, 5) is 65.8. The van der Waals surface area contributed by atoms with E-state index in [1.54, 1.807) is 46.7 Å². The molecule has 3 saturated heterocycles. The zero-order valence-corrected chi connectivity index (χ0v) is 37.1. The quantitative estimate of drug-likeness (QED) is 0.124. The van der Waals surface area contributed by atoms with Crippen LogP contribution < -0.4 is 0 Å². The Labute approximate surface area is 353 Å². The number of methoxy groups -OCH3 is 1. The minimum atomic E-state index is -1.53. The first kappa shape index (κ1) is 51.7. The van der Waals surface area contributed by atoms with Gasteiger partial charge in [-0.1, -0.05) is 20.8 Å². The van der Waals surface area contributed by atoms with Crippen LogP contribution in [0, 0.1) is 17.8 Å². The maximum absolute atomic E-state index is 13.4. The fourth-order valence-electron chi connectivity index (χ4n) is 8.56. The van der Waals surface area contributed by atoms with Crippen molar-refractivity contribution in [3.05, 3.63) is 0 Å². The van der Waals surface area contributed by atoms with Gasteiger partial charge in [0.05, 0.1) is 43.0 Å². The molecule has 60 heavy (non-hydrogen) atoms. The minimum Gasteiger partial charge on any atom is -0.462 e. The van der Waals surface area contributed by atoms with Crippen molar-refractivity contribution in [2.24, 2.45) is 17.8 Å². The van der Waals surface area contributed by atoms with Gasteiger partial charge in [0.15, 0.2) is 18.7 Å². The highest BCUT2D eigenvalue weighted by Gasteiger charge is 2.53. The summed E-state index contributed by atoms with van der Waals surface area (Å²) in [6, 6.07) is -0.830. The molecule has 0 aromatic rings. The van der Waals surface area contributed by atoms with Crippen molar-refractivity contribution in [1.82, 2.24) is 4.90 Å². The molecular weight excluding hydrogens is 790 g/mol. The summed E-state index contributed by atoms with van der Waals surface area (Å²) >= 11 is 0. The molecule has 0 aromatic heterocycles. The average Bonchev–Trinajstić information content (AvgIpc) is 3.12. The third-order valence-electron chi connectivity index (χ3n) is 11.5. The molecule has 3 aliphatic heterocycles. The van der Waals surface area contributed by atoms with E-state index in [1.165, 1.54) is 14.0 Å². The molecule has 3 fully saturated rings. The van der Waals surface area contributed by atoms with Crippen LogP contribution in [0.4, 0.5) is 0 Å². The van der Waals surface area contributed by atoms with Crippen LogP contribution in [0.1, 0.15) is 107 Å². The van der Waals surface area contributed by atoms with Crippen molar-refractivity contribution >= 4 is 30.0 Å². The highest BCUT2D eigenvalue weighted by Crippen LogP contribution is 2.38. The average molecular weight is 862 g/mol. The molecule has 0 amide bonds. The standard InChI is InChI=1S/C42H71NO17/c1-21(2)16-32(49)58-40-25(6)55-34(20-42(40,8)52)59-37-24(5)56-41(36(51)35(37)43(9)10)60-38-27(14-15-44)17-22(3)28(46)12-13-29(47)30(48)18-23(4)54-33(50)19-31(39(38)53-11)57-26(7)45/h15,21-25,27,29-31,34-41,47-48,51-52H,12-14,16-20H2,1-11H3. The van der Waals surface area contributed by atoms with Crippen molar-refractivity contribution in [3.8, 4) is 0 Å². The van der Waals surface area contributed by atoms with Gasteiger partial charge in [0, 0.05) is 52.1 Å². The number of aliphatic hydroxyl groups excluding tert-OH is 3. The number of aldehydes is 1. The van der Waals surface area contributed by atoms with Crippen LogP contribution in [0.25, 0.3) is 0 Å². The topological polar surface area (TPSA) is 243 Å². The first-order valence-electron chi connectivity index (χ1n) is 21.1. The number of rotatable bonds is 12. The minimum absolute atomic E-state index is 0.0428. The smallest absolute Gasteiger partial charge is 0.309 e. The summed E-state index contributed by atoms with van der Waals surface area (Å²) in [7, 11) is 4.74. The molecule has 3 heterocycles. The lowest BCUT2D eigenvalue weighted by Gasteiger charge is -2.50. The number of carbonyl (C=O) groups is 5. The van der Waals surface area contributed by atoms with Crippen molar-refractivity contribution < 1.29 is 82.3 Å². The second-order valence-corrected chi connectivity index (χ2v) is 17.7. The first-order valence-corrected chi connectivity index (χ1v) is 21.1. The van der Waals surface area contributed by atoms with Gasteiger partial charge in [-0.3, -0.25) is 19.2 Å². The SMILES string of the molecule is COC1C(OC(C)=O)CC(=O)OC(C)CC(O)C(O)CCC(=O)C(C)CC(CC=O)C1OC1OC(C)C(OC2CC(C)(O)C(OC(=O)CC(C)C)C(C)O2)C(N(C)C)C1O. The number of carbonyl (C=O) groups excluding carboxylic acids is 5. The molecule has 0 aliphatic carbocycles. The fraction of sp³-hybridized carbons (Fsp3) is 0.881. The molecule has 17 unspecified atom stereocenters. The Balaban J connectivity index is 1.98. The maximum atomic E-state index is 13.4. The summed E-state index contributed by atoms with van der Waals surface area (Å²) in [6.45, 7) is 13.0. The van der Waals surface area contributed by atoms with E-state index in [2.05, 4.69) is 0 Å². The predicted octanol–water partition coefficient (Wildman–Crippen LogP) is 1.61. The zero-order valence-electron chi connectivity index (χ0n) is 37.1. The van der Waals surface area contributed by atoms with Crippen molar-refractivity contribution in [2.75, 3.05) is 21.2 Å². The highest BCUT2D eigenvalue weighted by atomic mass is 16.7. The van der Waals surface area contributed by atoms with Crippen LogP contribution in [0.3, 0.4) is 0 Å². The summed E-state index contributed by atoms with van der Waals surface area (Å²) in [5.41, 5.74) is -1.53. The Kier molecular flexibility index (Phi) is 19.9. The lowest BCUT2D eigenvalue weighted by molar-refractivity contribution is -0.344. The molecule has 0 saturated carbocycles. The molecule has 17 atom stereocenters. The van der Waals surface area contributed by atoms with E-state index in [0.29, 0.717) is 6.29 Å². The Morgan fingerprint density at radius 1 is 0.950 bits per heavy atom. The van der Waals surface area contributed by atoms with Crippen molar-refractivity contribution in [3.63, 3.8) is 0 Å². The van der Waals surface area contributed by atoms with E-state index in [-0.39, 0.29) is 56.6 Å². The van der Waals surface area contributed by atoms with Crippen LogP contribution >= 0.6 is 0 Å². The van der Waals surface area contributed by atoms with Crippen molar-refractivity contribution in [2.45, 2.75) is 198 Å². The number of ketones is 1. The van der Waals surface area contributed by atoms with Gasteiger partial charge < -0.3 is 68.0 Å². The van der Waals surface area contributed by atoms with E-state index >= 15 is 0 Å². The Bertz CT molecular complexity index is 1410. The molecule has 0 bridgehead atoms. The third kappa shape index (κ3) is 14.5. The lowest BCUT2D eigenvalue weighted by Crippen LogP contribution is -2.66. The molecule has 18 nitrogen and oxygen atoms in total. The van der Waals surface area contributed by atoms with Gasteiger partial charge in [0.2, 0.25) is 0 Å². The van der Waals surface area contributed by atoms with Crippen LogP contribution in [-0.4, -0.2) is 168 Å². The van der Waals surface area contributed by atoms with Crippen LogP contribution in [-0.2, 0) is 61.9 Å². The number of hydrogen-bond acceptors (Lipinski definition) is 18. The van der Waals surface area contributed by atoms with E-state index in [1.807, 2.05) is 13.8 Å². The number of ether oxygens (including phenoxy) is 8. The third-order valence-corrected chi connectivity index (χ3v) is 11.5. The highest BCUT2D eigenvalue weighted by molar-refractivity contribution is 5.80. The van der Waals surface area contributed by atoms with Gasteiger partial charge in [-0.25, -0.2) is 0 Å². The second-order valence-electron chi connectivity index (χ2n) is 17.7. The first-order chi connectivity index (χ1) is 28.0. The molecule has 18 heteroatoms. The number of cyclic esters (lactones) is 1. The number of esters is 3. The van der Waals surface area contributed by atoms with Crippen LogP contribution in [0.15, 0.2) is 0 Å². The summed E-state index contributed by atoms with van der Waals surface area (Å²) in [5, 5.41) is 44.7. The van der Waals surface area contributed by atoms with Gasteiger partial charge in [-0.05, 0) is 66.5 Å². The largest absolute Gasteiger partial charge is 0.462 e. The number of nitrogens with zero attached hydrogens (tertiary/aromatic N) is 1. The normalized spacial score (nSPS) is 40.5. The zero-order chi connectivity index (χ0) is 45.2. The Hall–Kier alpha value is -2.65. The van der Waals surface area contributed by atoms with Crippen molar-refractivity contribution in [1.29, 1.82) is 0 Å². The molecule has 4 N–H and O–H groups in total. The second kappa shape index (κ2) is 23.2. The number of aliphatic hydroxyl groups is 4.